The summed E-state index contributed by atoms with van der Waals surface area (Å²) in [5.41, 5.74) is 0.847. The van der Waals surface area contributed by atoms with Gasteiger partial charge in [-0.1, -0.05) is 12.1 Å². The summed E-state index contributed by atoms with van der Waals surface area (Å²) in [7, 11) is 0. The van der Waals surface area contributed by atoms with Crippen LogP contribution in [0.2, 0.25) is 0 Å². The van der Waals surface area contributed by atoms with E-state index in [9.17, 15) is 9.18 Å². The summed E-state index contributed by atoms with van der Waals surface area (Å²) in [6, 6.07) is 5.87. The molecular weight excluding hydrogens is 249 g/mol. The van der Waals surface area contributed by atoms with Crippen LogP contribution in [0.25, 0.3) is 0 Å². The molecule has 1 amide bonds. The van der Waals surface area contributed by atoms with E-state index in [2.05, 4.69) is 20.6 Å². The fourth-order valence-corrected chi connectivity index (χ4v) is 1.90. The molecule has 1 heterocycles. The highest BCUT2D eigenvalue weighted by Crippen LogP contribution is 2.21. The third-order valence-electron chi connectivity index (χ3n) is 2.96. The molecule has 100 valence electrons. The molecule has 0 radical (unpaired) electrons. The fraction of sp³-hybridized carbons (Fsp3) is 0.333. The van der Waals surface area contributed by atoms with Crippen molar-refractivity contribution in [2.24, 2.45) is 0 Å². The highest BCUT2D eigenvalue weighted by atomic mass is 19.1. The lowest BCUT2D eigenvalue weighted by Crippen LogP contribution is -2.34. The second-order valence-corrected chi connectivity index (χ2v) is 4.05. The van der Waals surface area contributed by atoms with Crippen LogP contribution >= 0.6 is 0 Å². The van der Waals surface area contributed by atoms with Crippen molar-refractivity contribution in [1.82, 2.24) is 25.5 Å². The number of benzene rings is 1. The average Bonchev–Trinajstić information content (AvgIpc) is 2.94. The van der Waals surface area contributed by atoms with Gasteiger partial charge >= 0.3 is 0 Å². The topological polar surface area (TPSA) is 74.8 Å². The molecule has 1 atom stereocenters. The maximum absolute atomic E-state index is 12.9. The third kappa shape index (κ3) is 2.75. The number of carbonyl (C=O) groups is 1. The Morgan fingerprint density at radius 3 is 2.63 bits per heavy atom. The van der Waals surface area contributed by atoms with Crippen molar-refractivity contribution in [2.45, 2.75) is 19.9 Å². The average molecular weight is 263 g/mol. The van der Waals surface area contributed by atoms with Crippen molar-refractivity contribution in [1.29, 1.82) is 0 Å². The van der Waals surface area contributed by atoms with Crippen molar-refractivity contribution < 1.29 is 9.18 Å². The van der Waals surface area contributed by atoms with Crippen molar-refractivity contribution in [3.05, 3.63) is 41.5 Å². The molecule has 7 heteroatoms. The van der Waals surface area contributed by atoms with Gasteiger partial charge in [0.1, 0.15) is 5.82 Å². The quantitative estimate of drug-likeness (QED) is 0.908. The second-order valence-electron chi connectivity index (χ2n) is 4.05. The molecule has 0 bridgehead atoms. The van der Waals surface area contributed by atoms with E-state index in [0.29, 0.717) is 6.54 Å². The number of H-pyrrole nitrogens is 1. The van der Waals surface area contributed by atoms with E-state index < -0.39 is 0 Å². The van der Waals surface area contributed by atoms with Crippen LogP contribution in [0.3, 0.4) is 0 Å². The maximum Gasteiger partial charge on any atom is 0.295 e. The normalized spacial score (nSPS) is 12.2. The fourth-order valence-electron chi connectivity index (χ4n) is 1.90. The molecule has 2 aromatic rings. The number of nitrogens with zero attached hydrogens (tertiary/aromatic N) is 4. The van der Waals surface area contributed by atoms with Crippen LogP contribution in [0, 0.1) is 5.82 Å². The molecule has 0 aliphatic rings. The van der Waals surface area contributed by atoms with Crippen LogP contribution in [0.5, 0.6) is 0 Å². The first-order valence-corrected chi connectivity index (χ1v) is 5.93. The van der Waals surface area contributed by atoms with Gasteiger partial charge in [0.2, 0.25) is 0 Å². The molecule has 19 heavy (non-hydrogen) atoms. The Labute approximate surface area is 109 Å². The van der Waals surface area contributed by atoms with Crippen LogP contribution in [0.15, 0.2) is 24.3 Å². The number of hydrogen-bond acceptors (Lipinski definition) is 4. The van der Waals surface area contributed by atoms with Gasteiger partial charge in [-0.15, -0.1) is 10.2 Å². The SMILES string of the molecule is CCN(C(=O)c1nn[nH]n1)C(C)c1ccc(F)cc1. The number of aromatic amines is 1. The Hall–Kier alpha value is -2.31. The molecule has 2 rings (SSSR count). The van der Waals surface area contributed by atoms with Gasteiger partial charge in [-0.2, -0.15) is 5.21 Å². The number of amides is 1. The number of aromatic nitrogens is 4. The summed E-state index contributed by atoms with van der Waals surface area (Å²) in [6.45, 7) is 4.22. The molecule has 0 spiro atoms. The number of halogens is 1. The van der Waals surface area contributed by atoms with Crippen LogP contribution in [-0.4, -0.2) is 38.0 Å². The number of tetrazole rings is 1. The molecule has 1 N–H and O–H groups in total. The summed E-state index contributed by atoms with van der Waals surface area (Å²) in [5, 5.41) is 13.0. The van der Waals surface area contributed by atoms with Gasteiger partial charge in [-0.25, -0.2) is 4.39 Å². The van der Waals surface area contributed by atoms with Crippen molar-refractivity contribution in [3.63, 3.8) is 0 Å². The van der Waals surface area contributed by atoms with Crippen LogP contribution in [0.4, 0.5) is 4.39 Å². The lowest BCUT2D eigenvalue weighted by Gasteiger charge is -2.27. The minimum Gasteiger partial charge on any atom is -0.329 e. The highest BCUT2D eigenvalue weighted by Gasteiger charge is 2.24. The predicted molar refractivity (Wildman–Crippen MR) is 65.7 cm³/mol. The van der Waals surface area contributed by atoms with E-state index in [-0.39, 0.29) is 23.6 Å². The Morgan fingerprint density at radius 1 is 1.42 bits per heavy atom. The number of rotatable bonds is 4. The molecule has 6 nitrogen and oxygen atoms in total. The molecule has 0 saturated carbocycles. The molecule has 0 fully saturated rings. The van der Waals surface area contributed by atoms with Crippen LogP contribution in [-0.2, 0) is 0 Å². The summed E-state index contributed by atoms with van der Waals surface area (Å²) in [4.78, 5) is 13.8. The van der Waals surface area contributed by atoms with Gasteiger partial charge in [-0.05, 0) is 36.8 Å². The Morgan fingerprint density at radius 2 is 2.11 bits per heavy atom. The zero-order valence-corrected chi connectivity index (χ0v) is 10.7. The van der Waals surface area contributed by atoms with Crippen LogP contribution in [0.1, 0.15) is 36.1 Å². The zero-order chi connectivity index (χ0) is 13.8. The molecule has 0 aliphatic heterocycles. The van der Waals surface area contributed by atoms with E-state index in [4.69, 9.17) is 0 Å². The first kappa shape index (κ1) is 13.1. The highest BCUT2D eigenvalue weighted by molar-refractivity contribution is 5.90. The molecule has 1 aromatic heterocycles. The maximum atomic E-state index is 12.9. The van der Waals surface area contributed by atoms with Crippen molar-refractivity contribution >= 4 is 5.91 Å². The van der Waals surface area contributed by atoms with E-state index in [0.717, 1.165) is 5.56 Å². The van der Waals surface area contributed by atoms with Gasteiger partial charge in [0, 0.05) is 6.54 Å². The Kier molecular flexibility index (Phi) is 3.84. The molecule has 0 aliphatic carbocycles. The predicted octanol–water partition coefficient (Wildman–Crippen LogP) is 1.56. The second kappa shape index (κ2) is 5.55. The van der Waals surface area contributed by atoms with Crippen molar-refractivity contribution in [2.75, 3.05) is 6.54 Å². The molecule has 1 aromatic carbocycles. The zero-order valence-electron chi connectivity index (χ0n) is 10.7. The summed E-state index contributed by atoms with van der Waals surface area (Å²) < 4.78 is 12.9. The number of hydrogen-bond donors (Lipinski definition) is 1. The standard InChI is InChI=1S/C12H14FN5O/c1-3-18(12(19)11-14-16-17-15-11)8(2)9-4-6-10(13)7-5-9/h4-8H,3H2,1-2H3,(H,14,15,16,17). The molecule has 0 saturated heterocycles. The van der Waals surface area contributed by atoms with E-state index >= 15 is 0 Å². The Bertz CT molecular complexity index is 540. The van der Waals surface area contributed by atoms with Gasteiger partial charge < -0.3 is 4.90 Å². The molecular formula is C12H14FN5O. The lowest BCUT2D eigenvalue weighted by atomic mass is 10.1. The van der Waals surface area contributed by atoms with Gasteiger partial charge in [0.05, 0.1) is 6.04 Å². The van der Waals surface area contributed by atoms with E-state index in [1.165, 1.54) is 12.1 Å². The summed E-state index contributed by atoms with van der Waals surface area (Å²) >= 11 is 0. The number of nitrogens with one attached hydrogen (secondary N) is 1. The first-order chi connectivity index (χ1) is 9.13. The number of carbonyl (C=O) groups excluding carboxylic acids is 1. The smallest absolute Gasteiger partial charge is 0.295 e. The third-order valence-corrected chi connectivity index (χ3v) is 2.96. The minimum atomic E-state index is -0.312. The largest absolute Gasteiger partial charge is 0.329 e. The van der Waals surface area contributed by atoms with Gasteiger partial charge in [-0.3, -0.25) is 4.79 Å². The van der Waals surface area contributed by atoms with E-state index in [1.807, 2.05) is 13.8 Å². The first-order valence-electron chi connectivity index (χ1n) is 5.93. The minimum absolute atomic E-state index is 0.0239. The van der Waals surface area contributed by atoms with Crippen LogP contribution < -0.4 is 0 Å². The summed E-state index contributed by atoms with van der Waals surface area (Å²) in [5.74, 6) is -0.590. The van der Waals surface area contributed by atoms with E-state index in [1.54, 1.807) is 17.0 Å². The monoisotopic (exact) mass is 263 g/mol. The lowest BCUT2D eigenvalue weighted by molar-refractivity contribution is 0.0689. The Balaban J connectivity index is 2.22. The van der Waals surface area contributed by atoms with Crippen molar-refractivity contribution in [3.8, 4) is 0 Å². The molecule has 1 unspecified atom stereocenters. The van der Waals surface area contributed by atoms with Gasteiger partial charge in [0.25, 0.3) is 11.7 Å². The summed E-state index contributed by atoms with van der Waals surface area (Å²) in [6.07, 6.45) is 0. The van der Waals surface area contributed by atoms with Gasteiger partial charge in [0.15, 0.2) is 0 Å².